The lowest BCUT2D eigenvalue weighted by atomic mass is 10.0. The van der Waals surface area contributed by atoms with E-state index in [0.29, 0.717) is 0 Å². The van der Waals surface area contributed by atoms with Gasteiger partial charge in [0.25, 0.3) is 0 Å². The SMILES string of the molecule is CCCCCCCCCCCCCCCCC(C)N(CC)CC. The van der Waals surface area contributed by atoms with E-state index in [1.807, 2.05) is 0 Å². The molecule has 0 spiro atoms. The zero-order chi connectivity index (χ0) is 17.2. The van der Waals surface area contributed by atoms with E-state index in [2.05, 4.69) is 32.6 Å². The first-order chi connectivity index (χ1) is 11.3. The fourth-order valence-electron chi connectivity index (χ4n) is 3.66. The molecule has 1 unspecified atom stereocenters. The Morgan fingerprint density at radius 2 is 0.870 bits per heavy atom. The van der Waals surface area contributed by atoms with Crippen molar-refractivity contribution in [1.82, 2.24) is 4.90 Å². The normalized spacial score (nSPS) is 12.9. The average Bonchev–Trinajstić information content (AvgIpc) is 2.56. The van der Waals surface area contributed by atoms with Gasteiger partial charge in [0.1, 0.15) is 0 Å². The van der Waals surface area contributed by atoms with Gasteiger partial charge >= 0.3 is 0 Å². The van der Waals surface area contributed by atoms with Gasteiger partial charge in [-0.3, -0.25) is 0 Å². The van der Waals surface area contributed by atoms with Crippen LogP contribution in [0.3, 0.4) is 0 Å². The van der Waals surface area contributed by atoms with Crippen LogP contribution in [0.4, 0.5) is 0 Å². The summed E-state index contributed by atoms with van der Waals surface area (Å²) in [5, 5.41) is 0. The van der Waals surface area contributed by atoms with Crippen molar-refractivity contribution in [3.63, 3.8) is 0 Å². The van der Waals surface area contributed by atoms with Gasteiger partial charge in [0.2, 0.25) is 0 Å². The molecule has 0 rings (SSSR count). The van der Waals surface area contributed by atoms with Gasteiger partial charge in [-0.2, -0.15) is 0 Å². The highest BCUT2D eigenvalue weighted by atomic mass is 15.1. The average molecular weight is 326 g/mol. The van der Waals surface area contributed by atoms with Crippen LogP contribution in [0.5, 0.6) is 0 Å². The molecule has 0 aliphatic rings. The van der Waals surface area contributed by atoms with E-state index >= 15 is 0 Å². The number of nitrogens with zero attached hydrogens (tertiary/aromatic N) is 1. The molecule has 0 aromatic heterocycles. The predicted octanol–water partition coefficient (Wildman–Crippen LogP) is 7.59. The van der Waals surface area contributed by atoms with Gasteiger partial charge < -0.3 is 4.90 Å². The number of unbranched alkanes of at least 4 members (excludes halogenated alkanes) is 13. The molecule has 0 amide bonds. The Morgan fingerprint density at radius 1 is 0.522 bits per heavy atom. The minimum atomic E-state index is 0.780. The minimum Gasteiger partial charge on any atom is -0.301 e. The maximum absolute atomic E-state index is 2.59. The smallest absolute Gasteiger partial charge is 0.00666 e. The molecule has 0 saturated carbocycles. The van der Waals surface area contributed by atoms with Crippen molar-refractivity contribution in [2.45, 2.75) is 130 Å². The van der Waals surface area contributed by atoms with Gasteiger partial charge in [0, 0.05) is 6.04 Å². The van der Waals surface area contributed by atoms with Crippen molar-refractivity contribution in [1.29, 1.82) is 0 Å². The topological polar surface area (TPSA) is 3.24 Å². The summed E-state index contributed by atoms with van der Waals surface area (Å²) >= 11 is 0. The molecule has 0 bridgehead atoms. The van der Waals surface area contributed by atoms with Crippen LogP contribution in [-0.2, 0) is 0 Å². The summed E-state index contributed by atoms with van der Waals surface area (Å²) in [7, 11) is 0. The molecule has 0 saturated heterocycles. The summed E-state index contributed by atoms with van der Waals surface area (Å²) in [6.07, 6.45) is 21.8. The molecule has 0 aliphatic carbocycles. The summed E-state index contributed by atoms with van der Waals surface area (Å²) in [6.45, 7) is 11.7. The van der Waals surface area contributed by atoms with Crippen LogP contribution in [0, 0.1) is 0 Å². The number of hydrogen-bond acceptors (Lipinski definition) is 1. The van der Waals surface area contributed by atoms with Gasteiger partial charge in [-0.25, -0.2) is 0 Å². The van der Waals surface area contributed by atoms with E-state index in [-0.39, 0.29) is 0 Å². The van der Waals surface area contributed by atoms with Crippen molar-refractivity contribution in [2.75, 3.05) is 13.1 Å². The molecule has 0 radical (unpaired) electrons. The number of rotatable bonds is 18. The lowest BCUT2D eigenvalue weighted by molar-refractivity contribution is 0.217. The molecule has 1 nitrogen and oxygen atoms in total. The van der Waals surface area contributed by atoms with Crippen LogP contribution in [0.25, 0.3) is 0 Å². The lowest BCUT2D eigenvalue weighted by Crippen LogP contribution is -2.32. The summed E-state index contributed by atoms with van der Waals surface area (Å²) in [4.78, 5) is 2.59. The van der Waals surface area contributed by atoms with Crippen LogP contribution in [0.1, 0.15) is 124 Å². The second-order valence-corrected chi connectivity index (χ2v) is 7.46. The second-order valence-electron chi connectivity index (χ2n) is 7.46. The van der Waals surface area contributed by atoms with Crippen LogP contribution < -0.4 is 0 Å². The zero-order valence-electron chi connectivity index (χ0n) is 17.0. The quantitative estimate of drug-likeness (QED) is 0.235. The predicted molar refractivity (Wildman–Crippen MR) is 107 cm³/mol. The molecule has 23 heavy (non-hydrogen) atoms. The highest BCUT2D eigenvalue weighted by molar-refractivity contribution is 4.64. The Balaban J connectivity index is 3.16. The van der Waals surface area contributed by atoms with Gasteiger partial charge in [-0.1, -0.05) is 111 Å². The van der Waals surface area contributed by atoms with E-state index in [0.717, 1.165) is 6.04 Å². The summed E-state index contributed by atoms with van der Waals surface area (Å²) in [5.74, 6) is 0. The molecule has 0 aromatic carbocycles. The third-order valence-electron chi connectivity index (χ3n) is 5.41. The highest BCUT2D eigenvalue weighted by Gasteiger charge is 2.08. The van der Waals surface area contributed by atoms with Crippen LogP contribution in [0.2, 0.25) is 0 Å². The fraction of sp³-hybridized carbons (Fsp3) is 1.00. The standard InChI is InChI=1S/C22H47N/c1-5-8-9-10-11-12-13-14-15-16-17-18-19-20-21-22(4)23(6-2)7-3/h22H,5-21H2,1-4H3. The molecule has 1 atom stereocenters. The monoisotopic (exact) mass is 325 g/mol. The Bertz CT molecular complexity index is 210. The van der Waals surface area contributed by atoms with Gasteiger partial charge in [0.15, 0.2) is 0 Å². The Kier molecular flexibility index (Phi) is 18.3. The third kappa shape index (κ3) is 15.2. The summed E-state index contributed by atoms with van der Waals surface area (Å²) in [6, 6.07) is 0.780. The maximum Gasteiger partial charge on any atom is 0.00666 e. The van der Waals surface area contributed by atoms with Crippen LogP contribution in [0.15, 0.2) is 0 Å². The van der Waals surface area contributed by atoms with E-state index < -0.39 is 0 Å². The van der Waals surface area contributed by atoms with E-state index in [1.165, 1.54) is 109 Å². The molecule has 0 fully saturated rings. The molecule has 0 heterocycles. The summed E-state index contributed by atoms with van der Waals surface area (Å²) < 4.78 is 0. The lowest BCUT2D eigenvalue weighted by Gasteiger charge is -2.26. The first kappa shape index (κ1) is 23.0. The van der Waals surface area contributed by atoms with Crippen molar-refractivity contribution < 1.29 is 0 Å². The molecule has 0 N–H and O–H groups in total. The second kappa shape index (κ2) is 18.3. The molecule has 0 aromatic rings. The Hall–Kier alpha value is -0.0400. The maximum atomic E-state index is 2.59. The van der Waals surface area contributed by atoms with Gasteiger partial charge in [-0.05, 0) is 26.4 Å². The van der Waals surface area contributed by atoms with E-state index in [4.69, 9.17) is 0 Å². The molecular weight excluding hydrogens is 278 g/mol. The third-order valence-corrected chi connectivity index (χ3v) is 5.41. The van der Waals surface area contributed by atoms with Gasteiger partial charge in [0.05, 0.1) is 0 Å². The first-order valence-electron chi connectivity index (χ1n) is 11.0. The summed E-state index contributed by atoms with van der Waals surface area (Å²) in [5.41, 5.74) is 0. The van der Waals surface area contributed by atoms with Crippen LogP contribution in [-0.4, -0.2) is 24.0 Å². The van der Waals surface area contributed by atoms with Crippen molar-refractivity contribution in [3.05, 3.63) is 0 Å². The van der Waals surface area contributed by atoms with Crippen molar-refractivity contribution in [3.8, 4) is 0 Å². The van der Waals surface area contributed by atoms with E-state index in [1.54, 1.807) is 0 Å². The largest absolute Gasteiger partial charge is 0.301 e. The molecule has 140 valence electrons. The highest BCUT2D eigenvalue weighted by Crippen LogP contribution is 2.14. The van der Waals surface area contributed by atoms with E-state index in [9.17, 15) is 0 Å². The fourth-order valence-corrected chi connectivity index (χ4v) is 3.66. The molecule has 0 aliphatic heterocycles. The Morgan fingerprint density at radius 3 is 1.22 bits per heavy atom. The van der Waals surface area contributed by atoms with Crippen molar-refractivity contribution in [2.24, 2.45) is 0 Å². The Labute approximate surface area is 148 Å². The van der Waals surface area contributed by atoms with Crippen molar-refractivity contribution >= 4 is 0 Å². The first-order valence-corrected chi connectivity index (χ1v) is 11.0. The number of hydrogen-bond donors (Lipinski definition) is 0. The van der Waals surface area contributed by atoms with Gasteiger partial charge in [-0.15, -0.1) is 0 Å². The molecular formula is C22H47N. The zero-order valence-corrected chi connectivity index (χ0v) is 17.0. The molecule has 1 heteroatoms. The minimum absolute atomic E-state index is 0.780. The van der Waals surface area contributed by atoms with Crippen LogP contribution >= 0.6 is 0 Å².